The Morgan fingerprint density at radius 2 is 1.94 bits per heavy atom. The van der Waals surface area contributed by atoms with E-state index in [-0.39, 0.29) is 5.75 Å². The fraction of sp³-hybridized carbons (Fsp3) is 0.125. The van der Waals surface area contributed by atoms with E-state index in [0.29, 0.717) is 17.5 Å². The van der Waals surface area contributed by atoms with Crippen LogP contribution in [0.2, 0.25) is 0 Å². The van der Waals surface area contributed by atoms with Gasteiger partial charge in [0.25, 0.3) is 0 Å². The quantitative estimate of drug-likeness (QED) is 0.271. The molecular weight excluding hydrogens is 402 g/mol. The predicted molar refractivity (Wildman–Crippen MR) is 129 cm³/mol. The molecule has 0 fully saturated rings. The minimum atomic E-state index is 0.227. The zero-order valence-corrected chi connectivity index (χ0v) is 18.2. The van der Waals surface area contributed by atoms with Crippen molar-refractivity contribution < 1.29 is 5.11 Å². The second kappa shape index (κ2) is 8.81. The molecule has 0 saturated carbocycles. The van der Waals surface area contributed by atoms with Gasteiger partial charge in [0.1, 0.15) is 11.6 Å². The molecule has 8 nitrogen and oxygen atoms in total. The van der Waals surface area contributed by atoms with Crippen LogP contribution in [0.3, 0.4) is 0 Å². The number of para-hydroxylation sites is 1. The van der Waals surface area contributed by atoms with E-state index >= 15 is 0 Å². The van der Waals surface area contributed by atoms with Crippen LogP contribution < -0.4 is 16.4 Å². The Bertz CT molecular complexity index is 1320. The molecule has 0 radical (unpaired) electrons. The molecule has 4 aromatic rings. The van der Waals surface area contributed by atoms with E-state index in [9.17, 15) is 5.11 Å². The van der Waals surface area contributed by atoms with Crippen molar-refractivity contribution in [2.45, 2.75) is 13.8 Å². The van der Waals surface area contributed by atoms with Crippen molar-refractivity contribution in [1.29, 1.82) is 0 Å². The number of aryl methyl sites for hydroxylation is 1. The second-order valence-corrected chi connectivity index (χ2v) is 7.34. The number of benzene rings is 2. The molecule has 5 N–H and O–H groups in total. The molecule has 8 heteroatoms. The molecule has 0 unspecified atom stereocenters. The molecule has 0 aliphatic heterocycles. The van der Waals surface area contributed by atoms with E-state index in [1.165, 1.54) is 0 Å². The van der Waals surface area contributed by atoms with Gasteiger partial charge in [-0.25, -0.2) is 14.7 Å². The number of hydrogen-bond donors (Lipinski definition) is 4. The number of fused-ring (bicyclic) bond motifs is 1. The summed E-state index contributed by atoms with van der Waals surface area (Å²) < 4.78 is 1.84. The van der Waals surface area contributed by atoms with Crippen molar-refractivity contribution in [1.82, 2.24) is 20.1 Å². The SMILES string of the molecule is CN/C=C\C(N)=Nc1cc2c(cn1)c(Nc1c(C)ccc(O)c1C)nn2-c1ccccc1. The molecule has 162 valence electrons. The maximum Gasteiger partial charge on any atom is 0.162 e. The summed E-state index contributed by atoms with van der Waals surface area (Å²) in [6.45, 7) is 3.85. The fourth-order valence-corrected chi connectivity index (χ4v) is 3.40. The topological polar surface area (TPSA) is 113 Å². The summed E-state index contributed by atoms with van der Waals surface area (Å²) in [6.07, 6.45) is 5.10. The zero-order valence-electron chi connectivity index (χ0n) is 18.2. The van der Waals surface area contributed by atoms with Crippen LogP contribution in [-0.4, -0.2) is 32.8 Å². The van der Waals surface area contributed by atoms with Crippen LogP contribution in [0.4, 0.5) is 17.3 Å². The van der Waals surface area contributed by atoms with Gasteiger partial charge in [-0.05, 0) is 49.9 Å². The van der Waals surface area contributed by atoms with Gasteiger partial charge in [0.15, 0.2) is 11.6 Å². The molecule has 0 saturated heterocycles. The normalized spacial score (nSPS) is 11.9. The number of nitrogens with one attached hydrogen (secondary N) is 2. The highest BCUT2D eigenvalue weighted by atomic mass is 16.3. The Kier molecular flexibility index (Phi) is 5.76. The number of anilines is 2. The van der Waals surface area contributed by atoms with Crippen LogP contribution in [0.1, 0.15) is 11.1 Å². The molecule has 0 aliphatic rings. The average molecular weight is 428 g/mol. The number of phenols is 1. The molecular formula is C24H25N7O. The van der Waals surface area contributed by atoms with Gasteiger partial charge < -0.3 is 21.5 Å². The number of nitrogens with two attached hydrogens (primary N) is 1. The van der Waals surface area contributed by atoms with E-state index < -0.39 is 0 Å². The number of hydrogen-bond acceptors (Lipinski definition) is 6. The maximum atomic E-state index is 10.2. The first-order chi connectivity index (χ1) is 15.5. The third-order valence-electron chi connectivity index (χ3n) is 5.10. The van der Waals surface area contributed by atoms with Crippen molar-refractivity contribution in [2.24, 2.45) is 10.7 Å². The first-order valence-electron chi connectivity index (χ1n) is 10.2. The number of aromatic nitrogens is 3. The van der Waals surface area contributed by atoms with Crippen molar-refractivity contribution in [3.8, 4) is 11.4 Å². The number of pyridine rings is 1. The summed E-state index contributed by atoms with van der Waals surface area (Å²) >= 11 is 0. The predicted octanol–water partition coefficient (Wildman–Crippen LogP) is 4.21. The van der Waals surface area contributed by atoms with Gasteiger partial charge >= 0.3 is 0 Å². The highest BCUT2D eigenvalue weighted by molar-refractivity contribution is 5.96. The Morgan fingerprint density at radius 1 is 1.16 bits per heavy atom. The monoisotopic (exact) mass is 427 g/mol. The molecule has 0 amide bonds. The van der Waals surface area contributed by atoms with Crippen LogP contribution in [0.15, 0.2) is 72.0 Å². The van der Waals surface area contributed by atoms with Crippen molar-refractivity contribution in [3.63, 3.8) is 0 Å². The second-order valence-electron chi connectivity index (χ2n) is 7.34. The van der Waals surface area contributed by atoms with Crippen molar-refractivity contribution in [2.75, 3.05) is 12.4 Å². The minimum Gasteiger partial charge on any atom is -0.508 e. The van der Waals surface area contributed by atoms with Crippen LogP contribution in [0.25, 0.3) is 16.6 Å². The van der Waals surface area contributed by atoms with E-state index in [0.717, 1.165) is 33.4 Å². The lowest BCUT2D eigenvalue weighted by atomic mass is 10.1. The lowest BCUT2D eigenvalue weighted by molar-refractivity contribution is 0.471. The lowest BCUT2D eigenvalue weighted by Crippen LogP contribution is -2.08. The zero-order chi connectivity index (χ0) is 22.7. The lowest BCUT2D eigenvalue weighted by Gasteiger charge is -2.12. The van der Waals surface area contributed by atoms with E-state index in [1.807, 2.05) is 61.0 Å². The van der Waals surface area contributed by atoms with Gasteiger partial charge in [0.05, 0.1) is 16.6 Å². The molecule has 0 spiro atoms. The molecule has 2 aromatic carbocycles. The third-order valence-corrected chi connectivity index (χ3v) is 5.10. The molecule has 0 bridgehead atoms. The Morgan fingerprint density at radius 3 is 2.69 bits per heavy atom. The maximum absolute atomic E-state index is 10.2. The highest BCUT2D eigenvalue weighted by Crippen LogP contribution is 2.34. The van der Waals surface area contributed by atoms with E-state index in [2.05, 4.69) is 20.6 Å². The number of aromatic hydroxyl groups is 1. The summed E-state index contributed by atoms with van der Waals surface area (Å²) in [6, 6.07) is 15.2. The van der Waals surface area contributed by atoms with Gasteiger partial charge in [-0.15, -0.1) is 5.10 Å². The standard InChI is InChI=1S/C24H25N7O/c1-15-9-10-20(32)16(2)23(15)29-24-18-14-27-22(28-21(25)11-12-26-3)13-19(18)31(30-24)17-7-5-4-6-8-17/h4-14,26,32H,1-3H3,(H,29,30)(H2,25,27,28)/b12-11-. The van der Waals surface area contributed by atoms with Gasteiger partial charge in [0.2, 0.25) is 0 Å². The molecule has 32 heavy (non-hydrogen) atoms. The first kappa shape index (κ1) is 20.9. The summed E-state index contributed by atoms with van der Waals surface area (Å²) in [5.74, 6) is 1.67. The van der Waals surface area contributed by atoms with Gasteiger partial charge in [-0.3, -0.25) is 0 Å². The highest BCUT2D eigenvalue weighted by Gasteiger charge is 2.16. The largest absolute Gasteiger partial charge is 0.508 e. The summed E-state index contributed by atoms with van der Waals surface area (Å²) in [7, 11) is 1.79. The van der Waals surface area contributed by atoms with E-state index in [1.54, 1.807) is 31.6 Å². The molecule has 0 atom stereocenters. The Labute approximate surface area is 186 Å². The Balaban J connectivity index is 1.86. The summed E-state index contributed by atoms with van der Waals surface area (Å²) in [5.41, 5.74) is 10.3. The Hall–Kier alpha value is -4.33. The number of rotatable bonds is 6. The molecule has 2 heterocycles. The number of nitrogens with zero attached hydrogens (tertiary/aromatic N) is 4. The third kappa shape index (κ3) is 4.11. The molecule has 2 aromatic heterocycles. The van der Waals surface area contributed by atoms with Crippen LogP contribution in [0.5, 0.6) is 5.75 Å². The van der Waals surface area contributed by atoms with Crippen LogP contribution in [-0.2, 0) is 0 Å². The van der Waals surface area contributed by atoms with Crippen LogP contribution in [0, 0.1) is 13.8 Å². The van der Waals surface area contributed by atoms with Crippen molar-refractivity contribution in [3.05, 3.63) is 78.1 Å². The van der Waals surface area contributed by atoms with Gasteiger partial charge in [-0.1, -0.05) is 24.3 Å². The number of phenolic OH excluding ortho intramolecular Hbond substituents is 1. The van der Waals surface area contributed by atoms with Crippen LogP contribution >= 0.6 is 0 Å². The van der Waals surface area contributed by atoms with Gasteiger partial charge in [-0.2, -0.15) is 0 Å². The molecule has 4 rings (SSSR count). The summed E-state index contributed by atoms with van der Waals surface area (Å²) in [5, 5.41) is 22.1. The van der Waals surface area contributed by atoms with Gasteiger partial charge in [0, 0.05) is 30.6 Å². The smallest absolute Gasteiger partial charge is 0.162 e. The first-order valence-corrected chi connectivity index (χ1v) is 10.2. The number of amidine groups is 1. The average Bonchev–Trinajstić information content (AvgIpc) is 3.16. The summed E-state index contributed by atoms with van der Waals surface area (Å²) in [4.78, 5) is 8.84. The number of aliphatic imine (C=N–C) groups is 1. The fourth-order valence-electron chi connectivity index (χ4n) is 3.40. The minimum absolute atomic E-state index is 0.227. The van der Waals surface area contributed by atoms with E-state index in [4.69, 9.17) is 10.8 Å². The molecule has 0 aliphatic carbocycles. The van der Waals surface area contributed by atoms with Crippen molar-refractivity contribution >= 4 is 34.1 Å².